The maximum absolute atomic E-state index is 14.9. The van der Waals surface area contributed by atoms with Crippen LogP contribution < -0.4 is 30.7 Å². The van der Waals surface area contributed by atoms with Crippen molar-refractivity contribution < 1.29 is 43.1 Å². The van der Waals surface area contributed by atoms with Crippen LogP contribution in [-0.2, 0) is 28.8 Å². The average molecular weight is 789 g/mol. The molecule has 1 saturated carbocycles. The van der Waals surface area contributed by atoms with E-state index in [4.69, 9.17) is 14.3 Å². The highest BCUT2D eigenvalue weighted by Crippen LogP contribution is 2.41. The molecule has 1 saturated heterocycles. The molecule has 0 radical (unpaired) electrons. The van der Waals surface area contributed by atoms with Crippen LogP contribution in [0, 0.1) is 10.8 Å². The van der Waals surface area contributed by atoms with Crippen LogP contribution in [0.15, 0.2) is 41.9 Å². The summed E-state index contributed by atoms with van der Waals surface area (Å²) < 4.78 is 11.0. The second kappa shape index (κ2) is 16.1. The minimum atomic E-state index is -1.19. The summed E-state index contributed by atoms with van der Waals surface area (Å²) in [7, 11) is 0. The average Bonchev–Trinajstić information content (AvgIpc) is 3.52. The van der Waals surface area contributed by atoms with Crippen LogP contribution in [0.2, 0.25) is 0 Å². The van der Waals surface area contributed by atoms with Crippen LogP contribution in [-0.4, -0.2) is 105 Å². The van der Waals surface area contributed by atoms with Crippen LogP contribution in [0.5, 0.6) is 11.5 Å². The Morgan fingerprint density at radius 2 is 1.65 bits per heavy atom. The van der Waals surface area contributed by atoms with Crippen LogP contribution in [0.3, 0.4) is 0 Å². The highest BCUT2D eigenvalue weighted by atomic mass is 16.7. The molecule has 1 aromatic carbocycles. The molecule has 3 aliphatic heterocycles. The van der Waals surface area contributed by atoms with Gasteiger partial charge in [-0.1, -0.05) is 60.0 Å². The Morgan fingerprint density at radius 1 is 0.930 bits per heavy atom. The van der Waals surface area contributed by atoms with Gasteiger partial charge in [-0.15, -0.1) is 0 Å². The second-order valence-corrected chi connectivity index (χ2v) is 17.4. The van der Waals surface area contributed by atoms with Crippen LogP contribution in [0.4, 0.5) is 0 Å². The van der Waals surface area contributed by atoms with Gasteiger partial charge in [0.2, 0.25) is 30.3 Å². The van der Waals surface area contributed by atoms with E-state index in [0.29, 0.717) is 29.2 Å². The fourth-order valence-electron chi connectivity index (χ4n) is 7.16. The number of ether oxygens (including phenoxy) is 2. The Bertz CT molecular complexity index is 1940. The number of hydrogen-bond donors (Lipinski definition) is 4. The summed E-state index contributed by atoms with van der Waals surface area (Å²) in [5.41, 5.74) is -1.53. The van der Waals surface area contributed by atoms with Gasteiger partial charge in [0.25, 0.3) is 11.8 Å². The molecule has 57 heavy (non-hydrogen) atoms. The lowest BCUT2D eigenvalue weighted by atomic mass is 9.83. The van der Waals surface area contributed by atoms with Gasteiger partial charge >= 0.3 is 0 Å². The van der Waals surface area contributed by atoms with Crippen molar-refractivity contribution in [1.29, 1.82) is 0 Å². The summed E-state index contributed by atoms with van der Waals surface area (Å²) in [6, 6.07) is 0.747. The molecule has 1 aromatic heterocycles. The molecule has 0 unspecified atom stereocenters. The van der Waals surface area contributed by atoms with Crippen molar-refractivity contribution >= 4 is 41.0 Å². The van der Waals surface area contributed by atoms with Gasteiger partial charge in [0.05, 0.1) is 24.5 Å². The number of likely N-dealkylation sites (tertiary alicyclic amines) is 1. The number of aromatic nitrogens is 2. The summed E-state index contributed by atoms with van der Waals surface area (Å²) in [6.07, 6.45) is 6.60. The first kappa shape index (κ1) is 41.0. The number of rotatable bonds is 13. The minimum Gasteiger partial charge on any atom is -0.454 e. The molecular formula is C40H52N8O9. The highest BCUT2D eigenvalue weighted by molar-refractivity contribution is 6.38. The molecule has 4 N–H and O–H groups in total. The summed E-state index contributed by atoms with van der Waals surface area (Å²) in [5, 5.41) is 15.5. The molecule has 6 rings (SSSR count). The van der Waals surface area contributed by atoms with Crippen LogP contribution in [0.1, 0.15) is 103 Å². The number of fused-ring (bicyclic) bond motifs is 1. The zero-order valence-electron chi connectivity index (χ0n) is 33.5. The Labute approximate surface area is 331 Å². The molecule has 17 heteroatoms. The van der Waals surface area contributed by atoms with Crippen molar-refractivity contribution in [3.8, 4) is 11.5 Å². The number of benzene rings is 1. The standard InChI is InChI=1S/C40H52N8O9/c1-8-9-24(30(49)35(52)43-23-11-12-23)44-34(51)27-18-40(17-25(47-57-40)22-10-13-28-29(16-22)56-21-55-28)20-48(27)37(54)32(39(5,6)7)46-36(53)31(38(2,3)4)45-33(50)26-19-41-14-15-42-26/h10,13-16,19,23-24,27,31-32H,8-9,11-12,17-18,20-21H2,1-7H3,(H,43,52)(H,44,51)(H,45,50)(H,46,53)/t24-,27-,31+,32+,40+/m0/s1. The normalized spacial score (nSPS) is 21.5. The monoisotopic (exact) mass is 788 g/mol. The Morgan fingerprint density at radius 3 is 2.30 bits per heavy atom. The van der Waals surface area contributed by atoms with Crippen LogP contribution in [0.25, 0.3) is 0 Å². The Kier molecular flexibility index (Phi) is 11.6. The maximum atomic E-state index is 14.9. The smallest absolute Gasteiger partial charge is 0.289 e. The maximum Gasteiger partial charge on any atom is 0.289 e. The van der Waals surface area contributed by atoms with E-state index >= 15 is 0 Å². The third-order valence-corrected chi connectivity index (χ3v) is 10.5. The van der Waals surface area contributed by atoms with Gasteiger partial charge in [-0.2, -0.15) is 0 Å². The van der Waals surface area contributed by atoms with Gasteiger partial charge in [0.15, 0.2) is 17.1 Å². The molecule has 306 valence electrons. The number of Topliss-reactive ketones (excluding diaryl/α,β-unsaturated/α-hetero) is 1. The summed E-state index contributed by atoms with van der Waals surface area (Å²) in [4.78, 5) is 98.2. The van der Waals surface area contributed by atoms with Crippen LogP contribution >= 0.6 is 0 Å². The minimum absolute atomic E-state index is 0.00697. The molecule has 5 amide bonds. The topological polar surface area (TPSA) is 220 Å². The number of amides is 5. The van der Waals surface area contributed by atoms with Crippen molar-refractivity contribution in [1.82, 2.24) is 36.1 Å². The lowest BCUT2D eigenvalue weighted by Crippen LogP contribution is -2.62. The van der Waals surface area contributed by atoms with E-state index in [9.17, 15) is 28.8 Å². The number of nitrogens with one attached hydrogen (secondary N) is 4. The zero-order valence-corrected chi connectivity index (χ0v) is 33.5. The van der Waals surface area contributed by atoms with Gasteiger partial charge in [-0.3, -0.25) is 33.8 Å². The van der Waals surface area contributed by atoms with E-state index in [1.165, 1.54) is 23.5 Å². The number of nitrogens with zero attached hydrogens (tertiary/aromatic N) is 4. The molecule has 1 spiro atoms. The van der Waals surface area contributed by atoms with E-state index in [2.05, 4.69) is 36.4 Å². The van der Waals surface area contributed by atoms with Crippen molar-refractivity contribution in [2.75, 3.05) is 13.3 Å². The zero-order chi connectivity index (χ0) is 41.3. The predicted octanol–water partition coefficient (Wildman–Crippen LogP) is 2.18. The van der Waals surface area contributed by atoms with Gasteiger partial charge in [0, 0.05) is 36.8 Å². The molecular weight excluding hydrogens is 736 g/mol. The number of ketones is 1. The first-order chi connectivity index (χ1) is 26.9. The van der Waals surface area contributed by atoms with Crippen molar-refractivity contribution in [3.05, 3.63) is 48.0 Å². The molecule has 17 nitrogen and oxygen atoms in total. The first-order valence-corrected chi connectivity index (χ1v) is 19.4. The summed E-state index contributed by atoms with van der Waals surface area (Å²) >= 11 is 0. The van der Waals surface area contributed by atoms with E-state index in [-0.39, 0.29) is 44.3 Å². The fraction of sp³-hybridized carbons (Fsp3) is 0.575. The number of carbonyl (C=O) groups excluding carboxylic acids is 6. The second-order valence-electron chi connectivity index (χ2n) is 17.4. The van der Waals surface area contributed by atoms with E-state index in [0.717, 1.165) is 12.8 Å². The third-order valence-electron chi connectivity index (χ3n) is 10.5. The molecule has 5 atom stereocenters. The van der Waals surface area contributed by atoms with Crippen molar-refractivity contribution in [3.63, 3.8) is 0 Å². The van der Waals surface area contributed by atoms with Gasteiger partial charge in [-0.25, -0.2) is 4.98 Å². The van der Waals surface area contributed by atoms with Crippen molar-refractivity contribution in [2.45, 2.75) is 123 Å². The molecule has 2 aromatic rings. The lowest BCUT2D eigenvalue weighted by molar-refractivity contribution is -0.145. The first-order valence-electron chi connectivity index (χ1n) is 19.4. The fourth-order valence-corrected chi connectivity index (χ4v) is 7.16. The highest BCUT2D eigenvalue weighted by Gasteiger charge is 2.56. The van der Waals surface area contributed by atoms with E-state index < -0.39 is 75.9 Å². The lowest BCUT2D eigenvalue weighted by Gasteiger charge is -2.38. The van der Waals surface area contributed by atoms with Gasteiger partial charge in [0.1, 0.15) is 23.8 Å². The van der Waals surface area contributed by atoms with Gasteiger partial charge < -0.3 is 40.5 Å². The Hall–Kier alpha value is -5.61. The molecule has 1 aliphatic carbocycles. The molecule has 4 aliphatic rings. The quantitative estimate of drug-likeness (QED) is 0.216. The Balaban J connectivity index is 1.27. The third kappa shape index (κ3) is 9.34. The number of oxime groups is 1. The molecule has 0 bridgehead atoms. The number of hydrogen-bond acceptors (Lipinski definition) is 12. The molecule has 2 fully saturated rings. The molecule has 4 heterocycles. The van der Waals surface area contributed by atoms with Crippen molar-refractivity contribution in [2.24, 2.45) is 16.0 Å². The van der Waals surface area contributed by atoms with E-state index in [1.54, 1.807) is 53.7 Å². The largest absolute Gasteiger partial charge is 0.454 e. The summed E-state index contributed by atoms with van der Waals surface area (Å²) in [6.45, 7) is 12.5. The summed E-state index contributed by atoms with van der Waals surface area (Å²) in [5.74, 6) is -2.83. The predicted molar refractivity (Wildman–Crippen MR) is 205 cm³/mol. The SMILES string of the molecule is CCC[C@H](NC(=O)[C@@H]1C[C@]2(CC(c3ccc4c(c3)OCO4)=NO2)CN1C(=O)[C@@H](NC(=O)[C@@H](NC(=O)c1cnccn1)C(C)(C)C)C(C)(C)C)C(=O)C(=O)NC1CC1. The number of carbonyl (C=O) groups is 6. The van der Waals surface area contributed by atoms with Gasteiger partial charge in [-0.05, 0) is 48.3 Å². The van der Waals surface area contributed by atoms with E-state index in [1.807, 2.05) is 13.0 Å².